The predicted octanol–water partition coefficient (Wildman–Crippen LogP) is 8.34. The molecule has 0 aromatic heterocycles. The Kier molecular flexibility index (Phi) is 11.4. The van der Waals surface area contributed by atoms with Gasteiger partial charge in [-0.1, -0.05) is 54.6 Å². The molecule has 0 saturated carbocycles. The SMILES string of the molecule is CC1=C(OC(=O)OCCSc2ccccc2)C(c2cccc(C)c2C)C(OC(=O)OCCSc2ccccc2)=C(C)N1. The second-order valence-electron chi connectivity index (χ2n) is 9.55. The number of dihydropyridines is 1. The standard InChI is InChI=1S/C33H35NO6S2/c1-22-12-11-17-28(23(22)2)29-30(39-32(35)37-18-20-41-26-13-7-5-8-14-26)24(3)34-25(4)31(29)40-33(36)38-19-21-42-27-15-9-6-10-16-27/h5-17,29,34H,18-21H2,1-4H3. The zero-order chi connectivity index (χ0) is 29.9. The summed E-state index contributed by atoms with van der Waals surface area (Å²) in [5.41, 5.74) is 4.14. The van der Waals surface area contributed by atoms with E-state index in [0.717, 1.165) is 26.5 Å². The number of rotatable bonds is 11. The smallest absolute Gasteiger partial charge is 0.433 e. The van der Waals surface area contributed by atoms with Crippen LogP contribution in [0, 0.1) is 13.8 Å². The second kappa shape index (κ2) is 15.4. The first-order valence-electron chi connectivity index (χ1n) is 13.6. The van der Waals surface area contributed by atoms with E-state index in [9.17, 15) is 9.59 Å². The molecule has 0 bridgehead atoms. The average molecular weight is 606 g/mol. The first-order valence-corrected chi connectivity index (χ1v) is 15.6. The van der Waals surface area contributed by atoms with Gasteiger partial charge in [0.1, 0.15) is 30.6 Å². The highest BCUT2D eigenvalue weighted by Gasteiger charge is 2.36. The third-order valence-electron chi connectivity index (χ3n) is 6.61. The van der Waals surface area contributed by atoms with E-state index in [1.54, 1.807) is 23.5 Å². The summed E-state index contributed by atoms with van der Waals surface area (Å²) in [6.07, 6.45) is -1.65. The molecule has 42 heavy (non-hydrogen) atoms. The highest BCUT2D eigenvalue weighted by atomic mass is 32.2. The largest absolute Gasteiger partial charge is 0.513 e. The lowest BCUT2D eigenvalue weighted by molar-refractivity contribution is 0.0655. The molecule has 1 aliphatic heterocycles. The van der Waals surface area contributed by atoms with Gasteiger partial charge in [-0.2, -0.15) is 0 Å². The molecule has 3 aromatic carbocycles. The molecule has 9 heteroatoms. The van der Waals surface area contributed by atoms with Crippen molar-refractivity contribution in [3.63, 3.8) is 0 Å². The Bertz CT molecular complexity index is 1360. The third kappa shape index (κ3) is 8.59. The average Bonchev–Trinajstić information content (AvgIpc) is 2.99. The minimum Gasteiger partial charge on any atom is -0.433 e. The Labute approximate surface area is 255 Å². The van der Waals surface area contributed by atoms with Crippen LogP contribution < -0.4 is 5.32 Å². The molecule has 1 aliphatic rings. The van der Waals surface area contributed by atoms with E-state index < -0.39 is 18.2 Å². The fourth-order valence-electron chi connectivity index (χ4n) is 4.44. The molecule has 0 radical (unpaired) electrons. The fraction of sp³-hybridized carbons (Fsp3) is 0.273. The molecule has 0 fully saturated rings. The second-order valence-corrected chi connectivity index (χ2v) is 11.9. The maximum atomic E-state index is 12.8. The molecule has 4 rings (SSSR count). The topological polar surface area (TPSA) is 83.1 Å². The van der Waals surface area contributed by atoms with Gasteiger partial charge < -0.3 is 24.3 Å². The van der Waals surface area contributed by atoms with Gasteiger partial charge in [-0.15, -0.1) is 23.5 Å². The molecule has 1 N–H and O–H groups in total. The summed E-state index contributed by atoms with van der Waals surface area (Å²) in [6.45, 7) is 7.97. The van der Waals surface area contributed by atoms with Crippen LogP contribution in [0.1, 0.15) is 36.5 Å². The van der Waals surface area contributed by atoms with Crippen molar-refractivity contribution in [3.8, 4) is 0 Å². The minimum absolute atomic E-state index is 0.178. The Hall–Kier alpha value is -3.82. The molecule has 3 aromatic rings. The minimum atomic E-state index is -0.825. The van der Waals surface area contributed by atoms with Crippen LogP contribution >= 0.6 is 23.5 Å². The lowest BCUT2D eigenvalue weighted by Gasteiger charge is -2.31. The third-order valence-corrected chi connectivity index (χ3v) is 8.57. The van der Waals surface area contributed by atoms with Crippen molar-refractivity contribution in [2.75, 3.05) is 24.7 Å². The van der Waals surface area contributed by atoms with Gasteiger partial charge in [0, 0.05) is 21.3 Å². The monoisotopic (exact) mass is 605 g/mol. The van der Waals surface area contributed by atoms with Gasteiger partial charge in [-0.3, -0.25) is 0 Å². The molecule has 0 unspecified atom stereocenters. The molecular formula is C33H35NO6S2. The molecule has 0 amide bonds. The number of thioether (sulfide) groups is 2. The number of carbonyl (C=O) groups is 2. The predicted molar refractivity (Wildman–Crippen MR) is 166 cm³/mol. The number of hydrogen-bond acceptors (Lipinski definition) is 9. The number of nitrogens with one attached hydrogen (secondary N) is 1. The Morgan fingerprint density at radius 3 is 1.62 bits per heavy atom. The highest BCUT2D eigenvalue weighted by molar-refractivity contribution is 7.99. The van der Waals surface area contributed by atoms with Crippen LogP contribution in [0.25, 0.3) is 0 Å². The van der Waals surface area contributed by atoms with E-state index in [1.807, 2.05) is 107 Å². The van der Waals surface area contributed by atoms with Crippen molar-refractivity contribution in [1.82, 2.24) is 5.32 Å². The quantitative estimate of drug-likeness (QED) is 0.132. The molecule has 0 aliphatic carbocycles. The van der Waals surface area contributed by atoms with Gasteiger partial charge in [-0.05, 0) is 68.7 Å². The van der Waals surface area contributed by atoms with E-state index in [-0.39, 0.29) is 13.2 Å². The number of ether oxygens (including phenoxy) is 4. The maximum absolute atomic E-state index is 12.8. The molecule has 1 heterocycles. The lowest BCUT2D eigenvalue weighted by Crippen LogP contribution is -2.30. The summed E-state index contributed by atoms with van der Waals surface area (Å²) in [5, 5.41) is 3.19. The Balaban J connectivity index is 1.44. The van der Waals surface area contributed by atoms with Crippen LogP contribution in [0.5, 0.6) is 0 Å². The van der Waals surface area contributed by atoms with Gasteiger partial charge in [0.2, 0.25) is 0 Å². The van der Waals surface area contributed by atoms with Crippen LogP contribution in [-0.2, 0) is 18.9 Å². The van der Waals surface area contributed by atoms with E-state index in [2.05, 4.69) is 5.32 Å². The van der Waals surface area contributed by atoms with E-state index in [4.69, 9.17) is 18.9 Å². The summed E-state index contributed by atoms with van der Waals surface area (Å²) in [5.74, 6) is 1.10. The first kappa shape index (κ1) is 31.1. The van der Waals surface area contributed by atoms with Crippen LogP contribution in [-0.4, -0.2) is 37.0 Å². The summed E-state index contributed by atoms with van der Waals surface area (Å²) < 4.78 is 22.4. The molecule has 0 atom stereocenters. The maximum Gasteiger partial charge on any atom is 0.513 e. The van der Waals surface area contributed by atoms with Crippen molar-refractivity contribution in [2.24, 2.45) is 0 Å². The van der Waals surface area contributed by atoms with E-state index >= 15 is 0 Å². The zero-order valence-corrected chi connectivity index (χ0v) is 25.8. The van der Waals surface area contributed by atoms with Crippen molar-refractivity contribution >= 4 is 35.8 Å². The van der Waals surface area contributed by atoms with Crippen LogP contribution in [0.2, 0.25) is 0 Å². The van der Waals surface area contributed by atoms with Crippen LogP contribution in [0.15, 0.2) is 112 Å². The lowest BCUT2D eigenvalue weighted by atomic mass is 9.86. The number of aryl methyl sites for hydroxylation is 1. The van der Waals surface area contributed by atoms with Gasteiger partial charge in [-0.25, -0.2) is 9.59 Å². The van der Waals surface area contributed by atoms with Crippen molar-refractivity contribution in [3.05, 3.63) is 118 Å². The zero-order valence-electron chi connectivity index (χ0n) is 24.2. The van der Waals surface area contributed by atoms with E-state index in [1.165, 1.54) is 0 Å². The van der Waals surface area contributed by atoms with Gasteiger partial charge in [0.25, 0.3) is 0 Å². The summed E-state index contributed by atoms with van der Waals surface area (Å²) in [4.78, 5) is 27.8. The Morgan fingerprint density at radius 1 is 0.667 bits per heavy atom. The van der Waals surface area contributed by atoms with Crippen molar-refractivity contribution in [1.29, 1.82) is 0 Å². The molecule has 0 saturated heterocycles. The first-order chi connectivity index (χ1) is 20.3. The number of allylic oxidation sites excluding steroid dienone is 2. The molecule has 220 valence electrons. The molecule has 0 spiro atoms. The molecule has 7 nitrogen and oxygen atoms in total. The number of hydrogen-bond donors (Lipinski definition) is 1. The van der Waals surface area contributed by atoms with Gasteiger partial charge >= 0.3 is 12.3 Å². The van der Waals surface area contributed by atoms with Crippen LogP contribution in [0.4, 0.5) is 9.59 Å². The van der Waals surface area contributed by atoms with Crippen molar-refractivity contribution < 1.29 is 28.5 Å². The van der Waals surface area contributed by atoms with Crippen LogP contribution in [0.3, 0.4) is 0 Å². The highest BCUT2D eigenvalue weighted by Crippen LogP contribution is 2.41. The Morgan fingerprint density at radius 2 is 1.14 bits per heavy atom. The normalized spacial score (nSPS) is 13.4. The number of benzene rings is 3. The molecular weight excluding hydrogens is 570 g/mol. The summed E-state index contributed by atoms with van der Waals surface area (Å²) in [7, 11) is 0. The van der Waals surface area contributed by atoms with Gasteiger partial charge in [0.15, 0.2) is 0 Å². The summed E-state index contributed by atoms with van der Waals surface area (Å²) in [6, 6.07) is 25.6. The number of carbonyl (C=O) groups excluding carboxylic acids is 2. The van der Waals surface area contributed by atoms with Crippen molar-refractivity contribution in [2.45, 2.75) is 43.4 Å². The van der Waals surface area contributed by atoms with E-state index in [0.29, 0.717) is 34.4 Å². The van der Waals surface area contributed by atoms with Gasteiger partial charge in [0.05, 0.1) is 11.4 Å². The summed E-state index contributed by atoms with van der Waals surface area (Å²) >= 11 is 3.17. The fourth-order valence-corrected chi connectivity index (χ4v) is 5.94.